The van der Waals surface area contributed by atoms with Crippen LogP contribution in [0.25, 0.3) is 6.08 Å². The number of thioether (sulfide) groups is 1. The van der Waals surface area contributed by atoms with Gasteiger partial charge in [0.1, 0.15) is 11.5 Å². The fourth-order valence-corrected chi connectivity index (χ4v) is 4.55. The molecule has 32 heavy (non-hydrogen) atoms. The van der Waals surface area contributed by atoms with E-state index in [0.29, 0.717) is 17.2 Å². The molecule has 3 aromatic rings. The molecule has 158 valence electrons. The van der Waals surface area contributed by atoms with Crippen molar-refractivity contribution in [3.05, 3.63) is 100 Å². The lowest BCUT2D eigenvalue weighted by molar-refractivity contribution is 0.267. The smallest absolute Gasteiger partial charge is 0.311 e. The van der Waals surface area contributed by atoms with Crippen molar-refractivity contribution >= 4 is 34.6 Å². The molecule has 5 rings (SSSR count). The minimum Gasteiger partial charge on any atom is -0.508 e. The van der Waals surface area contributed by atoms with Gasteiger partial charge in [0.05, 0.1) is 16.7 Å². The molecule has 0 bridgehead atoms. The number of phenolic OH excluding ortho intramolecular Hbond substituents is 2. The van der Waals surface area contributed by atoms with Crippen LogP contribution in [0.1, 0.15) is 29.2 Å². The van der Waals surface area contributed by atoms with Crippen LogP contribution in [0, 0.1) is 0 Å². The van der Waals surface area contributed by atoms with Crippen molar-refractivity contribution in [3.8, 4) is 11.5 Å². The number of hydrazone groups is 1. The molecule has 1 unspecified atom stereocenters. The molecule has 6 nitrogen and oxygen atoms in total. The maximum Gasteiger partial charge on any atom is 0.311 e. The Morgan fingerprint density at radius 3 is 2.41 bits per heavy atom. The van der Waals surface area contributed by atoms with Crippen LogP contribution in [-0.4, -0.2) is 32.0 Å². The average Bonchev–Trinajstić information content (AvgIpc) is 3.40. The summed E-state index contributed by atoms with van der Waals surface area (Å²) in [4.78, 5) is 17.2. The molecule has 0 saturated heterocycles. The first-order valence-corrected chi connectivity index (χ1v) is 10.9. The molecule has 0 radical (unpaired) electrons. The van der Waals surface area contributed by atoms with Gasteiger partial charge in [-0.3, -0.25) is 4.79 Å². The quantitative estimate of drug-likeness (QED) is 0.556. The average molecular weight is 442 g/mol. The molecule has 1 amide bonds. The highest BCUT2D eigenvalue weighted by Crippen LogP contribution is 2.41. The van der Waals surface area contributed by atoms with E-state index in [1.807, 2.05) is 48.5 Å². The molecule has 3 aromatic carbocycles. The summed E-state index contributed by atoms with van der Waals surface area (Å²) in [7, 11) is 0. The van der Waals surface area contributed by atoms with Gasteiger partial charge in [0.2, 0.25) is 0 Å². The standard InChI is InChI=1S/C25H19N3O3S/c29-18-12-10-16(11-13-18)14-23-24(26-25(31)32-23)28-21(19-8-4-5-9-22(19)30)15-20(27-28)17-6-2-1-3-7-17/h1-14,21,29-30H,15H2/b23-14-. The van der Waals surface area contributed by atoms with Gasteiger partial charge in [0, 0.05) is 12.0 Å². The monoisotopic (exact) mass is 441 g/mol. The van der Waals surface area contributed by atoms with E-state index < -0.39 is 0 Å². The molecule has 2 heterocycles. The van der Waals surface area contributed by atoms with E-state index in [4.69, 9.17) is 5.10 Å². The molecular formula is C25H19N3O3S. The van der Waals surface area contributed by atoms with Crippen LogP contribution in [0.2, 0.25) is 0 Å². The van der Waals surface area contributed by atoms with Gasteiger partial charge in [-0.05, 0) is 47.2 Å². The third kappa shape index (κ3) is 3.90. The lowest BCUT2D eigenvalue weighted by atomic mass is 9.97. The fourth-order valence-electron chi connectivity index (χ4n) is 3.81. The number of para-hydroxylation sites is 1. The number of carbonyl (C=O) groups excluding carboxylic acids is 1. The summed E-state index contributed by atoms with van der Waals surface area (Å²) >= 11 is 1.04. The summed E-state index contributed by atoms with van der Waals surface area (Å²) in [6.45, 7) is 0. The number of nitrogens with zero attached hydrogens (tertiary/aromatic N) is 3. The number of carbonyl (C=O) groups is 1. The summed E-state index contributed by atoms with van der Waals surface area (Å²) < 4.78 is 0. The topological polar surface area (TPSA) is 85.5 Å². The largest absolute Gasteiger partial charge is 0.508 e. The van der Waals surface area contributed by atoms with Gasteiger partial charge in [-0.25, -0.2) is 5.01 Å². The van der Waals surface area contributed by atoms with Crippen LogP contribution in [0.3, 0.4) is 0 Å². The number of rotatable bonds is 3. The summed E-state index contributed by atoms with van der Waals surface area (Å²) in [5.41, 5.74) is 3.39. The van der Waals surface area contributed by atoms with Gasteiger partial charge in [-0.1, -0.05) is 60.7 Å². The highest BCUT2D eigenvalue weighted by atomic mass is 32.2. The highest BCUT2D eigenvalue weighted by molar-refractivity contribution is 8.18. The molecule has 0 saturated carbocycles. The van der Waals surface area contributed by atoms with Gasteiger partial charge >= 0.3 is 5.24 Å². The van der Waals surface area contributed by atoms with E-state index in [2.05, 4.69) is 4.99 Å². The zero-order valence-corrected chi connectivity index (χ0v) is 17.7. The van der Waals surface area contributed by atoms with Gasteiger partial charge in [0.25, 0.3) is 0 Å². The molecule has 0 spiro atoms. The Kier molecular flexibility index (Phi) is 5.25. The summed E-state index contributed by atoms with van der Waals surface area (Å²) in [5.74, 6) is 0.799. The predicted molar refractivity (Wildman–Crippen MR) is 127 cm³/mol. The van der Waals surface area contributed by atoms with Crippen LogP contribution in [0.15, 0.2) is 93.9 Å². The zero-order valence-electron chi connectivity index (χ0n) is 16.9. The number of aromatic hydroxyl groups is 2. The van der Waals surface area contributed by atoms with Gasteiger partial charge in [-0.2, -0.15) is 10.1 Å². The van der Waals surface area contributed by atoms with Crippen LogP contribution >= 0.6 is 11.8 Å². The van der Waals surface area contributed by atoms with Gasteiger partial charge < -0.3 is 10.2 Å². The molecule has 0 fully saturated rings. The highest BCUT2D eigenvalue weighted by Gasteiger charge is 2.37. The number of hydrogen-bond acceptors (Lipinski definition) is 6. The van der Waals surface area contributed by atoms with E-state index in [1.165, 1.54) is 0 Å². The maximum atomic E-state index is 12.3. The van der Waals surface area contributed by atoms with E-state index in [9.17, 15) is 15.0 Å². The van der Waals surface area contributed by atoms with Crippen molar-refractivity contribution in [3.63, 3.8) is 0 Å². The minimum absolute atomic E-state index is 0.174. The van der Waals surface area contributed by atoms with E-state index in [0.717, 1.165) is 34.2 Å². The SMILES string of the molecule is O=C1N=C(N2N=C(c3ccccc3)CC2c2ccccc2O)/C(=C/c2ccc(O)cc2)S1. The molecule has 2 N–H and O–H groups in total. The molecule has 0 aromatic heterocycles. The fraction of sp³-hybridized carbons (Fsp3) is 0.0800. The third-order valence-corrected chi connectivity index (χ3v) is 6.12. The second kappa shape index (κ2) is 8.36. The minimum atomic E-state index is -0.315. The van der Waals surface area contributed by atoms with Gasteiger partial charge in [0.15, 0.2) is 5.84 Å². The Hall–Kier alpha value is -3.84. The molecule has 7 heteroatoms. The number of amides is 1. The van der Waals surface area contributed by atoms with Crippen LogP contribution in [-0.2, 0) is 0 Å². The van der Waals surface area contributed by atoms with Crippen molar-refractivity contribution in [2.45, 2.75) is 12.5 Å². The van der Waals surface area contributed by atoms with E-state index >= 15 is 0 Å². The number of benzene rings is 3. The molecule has 2 aliphatic heterocycles. The zero-order chi connectivity index (χ0) is 22.1. The lowest BCUT2D eigenvalue weighted by Gasteiger charge is -2.24. The summed E-state index contributed by atoms with van der Waals surface area (Å²) in [5, 5.41) is 26.4. The van der Waals surface area contributed by atoms with E-state index in [1.54, 1.807) is 41.4 Å². The Labute approximate surface area is 189 Å². The van der Waals surface area contributed by atoms with Crippen molar-refractivity contribution in [1.29, 1.82) is 0 Å². The first kappa shape index (κ1) is 20.1. The molecule has 1 atom stereocenters. The Balaban J connectivity index is 1.58. The lowest BCUT2D eigenvalue weighted by Crippen LogP contribution is -2.26. The third-order valence-electron chi connectivity index (χ3n) is 5.34. The van der Waals surface area contributed by atoms with Crippen molar-refractivity contribution < 1.29 is 15.0 Å². The first-order chi connectivity index (χ1) is 15.6. The van der Waals surface area contributed by atoms with Crippen molar-refractivity contribution in [1.82, 2.24) is 5.01 Å². The first-order valence-electron chi connectivity index (χ1n) is 10.1. The van der Waals surface area contributed by atoms with Crippen LogP contribution < -0.4 is 0 Å². The Morgan fingerprint density at radius 1 is 0.938 bits per heavy atom. The van der Waals surface area contributed by atoms with Crippen LogP contribution in [0.4, 0.5) is 4.79 Å². The van der Waals surface area contributed by atoms with Crippen molar-refractivity contribution in [2.24, 2.45) is 10.1 Å². The number of amidine groups is 1. The number of aliphatic imine (C=N–C) groups is 1. The summed E-state index contributed by atoms with van der Waals surface area (Å²) in [6, 6.07) is 23.4. The molecule has 0 aliphatic carbocycles. The normalized spacial score (nSPS) is 19.4. The van der Waals surface area contributed by atoms with E-state index in [-0.39, 0.29) is 22.8 Å². The molecule has 2 aliphatic rings. The Morgan fingerprint density at radius 2 is 1.66 bits per heavy atom. The summed E-state index contributed by atoms with van der Waals surface area (Å²) in [6.07, 6.45) is 2.41. The van der Waals surface area contributed by atoms with Crippen molar-refractivity contribution in [2.75, 3.05) is 0 Å². The maximum absolute atomic E-state index is 12.3. The van der Waals surface area contributed by atoms with Crippen LogP contribution in [0.5, 0.6) is 11.5 Å². The number of hydrogen-bond donors (Lipinski definition) is 2. The van der Waals surface area contributed by atoms with Gasteiger partial charge in [-0.15, -0.1) is 0 Å². The predicted octanol–water partition coefficient (Wildman–Crippen LogP) is 5.56. The second-order valence-electron chi connectivity index (χ2n) is 7.44. The number of phenols is 2. The second-order valence-corrected chi connectivity index (χ2v) is 8.43. The molecular weight excluding hydrogens is 422 g/mol. The Bertz CT molecular complexity index is 1270.